The number of aromatic nitrogens is 1. The number of rotatable bonds is 3. The van der Waals surface area contributed by atoms with E-state index in [1.807, 2.05) is 11.9 Å². The van der Waals surface area contributed by atoms with Gasteiger partial charge in [-0.25, -0.2) is 13.6 Å². The van der Waals surface area contributed by atoms with Crippen molar-refractivity contribution in [1.29, 1.82) is 0 Å². The van der Waals surface area contributed by atoms with Gasteiger partial charge >= 0.3 is 5.97 Å². The Hall–Kier alpha value is -2.91. The van der Waals surface area contributed by atoms with Gasteiger partial charge in [0.2, 0.25) is 5.43 Å². The molecule has 3 heterocycles. The number of halogens is 2. The molecular weight excluding hydrogens is 424 g/mol. The van der Waals surface area contributed by atoms with Crippen LogP contribution in [0, 0.1) is 11.6 Å². The van der Waals surface area contributed by atoms with Crippen molar-refractivity contribution in [3.8, 4) is 0 Å². The number of carbonyl (C=O) groups is 1. The number of pyridine rings is 1. The van der Waals surface area contributed by atoms with Crippen molar-refractivity contribution in [2.45, 2.75) is 10.4 Å². The number of carboxylic acid groups (broad SMARTS) is 1. The highest BCUT2D eigenvalue weighted by atomic mass is 32.2. The summed E-state index contributed by atoms with van der Waals surface area (Å²) in [5.41, 5.74) is 0.0231. The minimum absolute atomic E-state index is 0.0156. The molecule has 1 unspecified atom stereocenters. The largest absolute Gasteiger partial charge is 0.477 e. The van der Waals surface area contributed by atoms with Crippen molar-refractivity contribution >= 4 is 34.3 Å². The Morgan fingerprint density at radius 2 is 1.81 bits per heavy atom. The summed E-state index contributed by atoms with van der Waals surface area (Å²) in [6.45, 7) is 2.83. The van der Waals surface area contributed by atoms with Crippen LogP contribution in [-0.4, -0.2) is 53.8 Å². The van der Waals surface area contributed by atoms with E-state index in [4.69, 9.17) is 0 Å². The molecule has 1 atom stereocenters. The molecule has 1 aromatic heterocycles. The molecular formula is C22H19F2N3O3S. The zero-order chi connectivity index (χ0) is 21.9. The summed E-state index contributed by atoms with van der Waals surface area (Å²) in [5.74, 6) is -2.37. The van der Waals surface area contributed by atoms with E-state index in [2.05, 4.69) is 4.90 Å². The Morgan fingerprint density at radius 3 is 2.48 bits per heavy atom. The number of aromatic carboxylic acids is 1. The first kappa shape index (κ1) is 20.0. The third kappa shape index (κ3) is 3.11. The van der Waals surface area contributed by atoms with E-state index >= 15 is 4.39 Å². The molecule has 1 N–H and O–H groups in total. The second-order valence-electron chi connectivity index (χ2n) is 7.79. The Kier molecular flexibility index (Phi) is 4.75. The highest BCUT2D eigenvalue weighted by Gasteiger charge is 2.37. The van der Waals surface area contributed by atoms with Gasteiger partial charge in [0.25, 0.3) is 0 Å². The molecule has 2 aliphatic heterocycles. The molecule has 0 radical (unpaired) electrons. The normalized spacial score (nSPS) is 18.7. The molecule has 9 heteroatoms. The quantitative estimate of drug-likeness (QED) is 0.670. The van der Waals surface area contributed by atoms with Gasteiger partial charge in [0, 0.05) is 37.1 Å². The van der Waals surface area contributed by atoms with Gasteiger partial charge in [-0.15, -0.1) is 0 Å². The average molecular weight is 443 g/mol. The molecule has 5 rings (SSSR count). The van der Waals surface area contributed by atoms with Gasteiger partial charge in [-0.1, -0.05) is 30.0 Å². The van der Waals surface area contributed by atoms with Gasteiger partial charge in [-0.05, 0) is 25.2 Å². The van der Waals surface area contributed by atoms with Gasteiger partial charge in [-0.3, -0.25) is 4.79 Å². The molecule has 160 valence electrons. The van der Waals surface area contributed by atoms with Crippen LogP contribution < -0.4 is 10.3 Å². The lowest BCUT2D eigenvalue weighted by Crippen LogP contribution is -2.44. The van der Waals surface area contributed by atoms with Crippen LogP contribution in [-0.2, 0) is 0 Å². The molecule has 0 saturated carbocycles. The molecule has 2 aromatic carbocycles. The first-order valence-electron chi connectivity index (χ1n) is 9.86. The monoisotopic (exact) mass is 443 g/mol. The number of likely N-dealkylation sites (N-methyl/N-ethyl adjacent to an activating group) is 1. The molecule has 1 fully saturated rings. The highest BCUT2D eigenvalue weighted by molar-refractivity contribution is 8.00. The van der Waals surface area contributed by atoms with Crippen LogP contribution >= 0.6 is 11.8 Å². The van der Waals surface area contributed by atoms with Crippen LogP contribution in [0.5, 0.6) is 0 Å². The fourth-order valence-corrected chi connectivity index (χ4v) is 5.52. The second kappa shape index (κ2) is 7.35. The lowest BCUT2D eigenvalue weighted by molar-refractivity contribution is 0.0689. The summed E-state index contributed by atoms with van der Waals surface area (Å²) < 4.78 is 31.2. The van der Waals surface area contributed by atoms with Crippen LogP contribution in [0.25, 0.3) is 10.9 Å². The van der Waals surface area contributed by atoms with Gasteiger partial charge in [0.1, 0.15) is 22.6 Å². The summed E-state index contributed by atoms with van der Waals surface area (Å²) in [7, 11) is 2.00. The molecule has 0 spiro atoms. The standard InChI is InChI=1S/C22H19F2N3O3S/c1-25-6-8-26(9-7-25)17-11-16-13(10-15(17)24)19(28)18(22(29)30)21-27(16)20(31-21)12-4-2-3-5-14(12)23/h2-5,10-11,20H,6-9H2,1H3,(H,29,30). The molecule has 0 amide bonds. The zero-order valence-electron chi connectivity index (χ0n) is 16.6. The van der Waals surface area contributed by atoms with E-state index in [0.29, 0.717) is 29.9 Å². The van der Waals surface area contributed by atoms with E-state index in [0.717, 1.165) is 30.9 Å². The van der Waals surface area contributed by atoms with E-state index < -0.39 is 34.0 Å². The van der Waals surface area contributed by atoms with Gasteiger partial charge in [-0.2, -0.15) is 0 Å². The van der Waals surface area contributed by atoms with Crippen LogP contribution in [0.4, 0.5) is 14.5 Å². The van der Waals surface area contributed by atoms with E-state index in [1.165, 1.54) is 6.07 Å². The minimum atomic E-state index is -1.38. The second-order valence-corrected chi connectivity index (χ2v) is 8.86. The number of carboxylic acids is 1. The lowest BCUT2D eigenvalue weighted by Gasteiger charge is -2.37. The number of piperazine rings is 1. The van der Waals surface area contributed by atoms with Crippen LogP contribution in [0.15, 0.2) is 46.2 Å². The molecule has 0 aliphatic carbocycles. The number of anilines is 1. The third-order valence-electron chi connectivity index (χ3n) is 5.92. The fraction of sp³-hybridized carbons (Fsp3) is 0.273. The fourth-order valence-electron chi connectivity index (χ4n) is 4.21. The molecule has 3 aromatic rings. The van der Waals surface area contributed by atoms with Crippen molar-refractivity contribution < 1.29 is 18.7 Å². The van der Waals surface area contributed by atoms with Crippen LogP contribution in [0.1, 0.15) is 21.3 Å². The molecule has 31 heavy (non-hydrogen) atoms. The first-order chi connectivity index (χ1) is 14.9. The number of nitrogens with zero attached hydrogens (tertiary/aromatic N) is 3. The molecule has 2 aliphatic rings. The van der Waals surface area contributed by atoms with Crippen molar-refractivity contribution in [2.24, 2.45) is 0 Å². The van der Waals surface area contributed by atoms with Gasteiger partial charge in [0.15, 0.2) is 0 Å². The van der Waals surface area contributed by atoms with E-state index in [9.17, 15) is 19.1 Å². The summed E-state index contributed by atoms with van der Waals surface area (Å²) in [6.07, 6.45) is 0. The van der Waals surface area contributed by atoms with Crippen molar-refractivity contribution in [3.05, 3.63) is 69.4 Å². The number of benzene rings is 2. The van der Waals surface area contributed by atoms with E-state index in [-0.39, 0.29) is 10.4 Å². The third-order valence-corrected chi connectivity index (χ3v) is 7.23. The van der Waals surface area contributed by atoms with Crippen molar-refractivity contribution in [1.82, 2.24) is 9.47 Å². The smallest absolute Gasteiger partial charge is 0.342 e. The summed E-state index contributed by atoms with van der Waals surface area (Å²) >= 11 is 1.12. The lowest BCUT2D eigenvalue weighted by atomic mass is 10.1. The molecule has 6 nitrogen and oxygen atoms in total. The maximum Gasteiger partial charge on any atom is 0.342 e. The summed E-state index contributed by atoms with van der Waals surface area (Å²) in [6, 6.07) is 8.97. The van der Waals surface area contributed by atoms with E-state index in [1.54, 1.807) is 28.8 Å². The number of hydrogen-bond donors (Lipinski definition) is 1. The SMILES string of the molecule is CN1CCN(c2cc3c(cc2F)c(=O)c(C(=O)O)c2n3C(c3ccccc3F)S2)CC1. The zero-order valence-corrected chi connectivity index (χ0v) is 17.5. The van der Waals surface area contributed by atoms with Gasteiger partial charge < -0.3 is 19.5 Å². The van der Waals surface area contributed by atoms with Crippen molar-refractivity contribution in [2.75, 3.05) is 38.1 Å². The van der Waals surface area contributed by atoms with Crippen LogP contribution in [0.3, 0.4) is 0 Å². The molecule has 1 saturated heterocycles. The topological polar surface area (TPSA) is 65.8 Å². The molecule has 0 bridgehead atoms. The number of thioether (sulfide) groups is 1. The van der Waals surface area contributed by atoms with Crippen molar-refractivity contribution in [3.63, 3.8) is 0 Å². The van der Waals surface area contributed by atoms with Crippen LogP contribution in [0.2, 0.25) is 0 Å². The Balaban J connectivity index is 1.74. The predicted octanol–water partition coefficient (Wildman–Crippen LogP) is 3.38. The maximum absolute atomic E-state index is 15.0. The Labute approximate surface area is 180 Å². The summed E-state index contributed by atoms with van der Waals surface area (Å²) in [5, 5.41) is 9.33. The summed E-state index contributed by atoms with van der Waals surface area (Å²) in [4.78, 5) is 28.8. The maximum atomic E-state index is 15.0. The first-order valence-corrected chi connectivity index (χ1v) is 10.7. The predicted molar refractivity (Wildman–Crippen MR) is 115 cm³/mol. The minimum Gasteiger partial charge on any atom is -0.477 e. The Bertz CT molecular complexity index is 1290. The van der Waals surface area contributed by atoms with Gasteiger partial charge in [0.05, 0.1) is 16.2 Å². The number of hydrogen-bond acceptors (Lipinski definition) is 5. The highest BCUT2D eigenvalue weighted by Crippen LogP contribution is 2.51. The number of fused-ring (bicyclic) bond motifs is 3. The average Bonchev–Trinajstić information content (AvgIpc) is 2.72. The Morgan fingerprint density at radius 1 is 1.10 bits per heavy atom.